The number of hydrogen-bond donors (Lipinski definition) is 0. The number of furan rings is 1. The van der Waals surface area contributed by atoms with E-state index < -0.39 is 23.2 Å². The number of rotatable bonds is 2. The zero-order valence-corrected chi connectivity index (χ0v) is 9.72. The van der Waals surface area contributed by atoms with Crippen LogP contribution in [0.15, 0.2) is 33.4 Å². The number of benzene rings is 1. The van der Waals surface area contributed by atoms with Gasteiger partial charge in [0.05, 0.1) is 10.7 Å². The highest BCUT2D eigenvalue weighted by Gasteiger charge is 2.20. The molecule has 0 aliphatic rings. The van der Waals surface area contributed by atoms with E-state index in [0.29, 0.717) is 16.6 Å². The molecule has 0 fully saturated rings. The first-order valence-electron chi connectivity index (χ1n) is 4.43. The lowest BCUT2D eigenvalue weighted by Gasteiger charge is -2.01. The summed E-state index contributed by atoms with van der Waals surface area (Å²) in [5, 5.41) is 0. The van der Waals surface area contributed by atoms with Crippen molar-refractivity contribution in [3.63, 3.8) is 0 Å². The lowest BCUT2D eigenvalue weighted by Crippen LogP contribution is -2.04. The van der Waals surface area contributed by atoms with Gasteiger partial charge in [-0.1, -0.05) is 0 Å². The van der Waals surface area contributed by atoms with Crippen molar-refractivity contribution in [1.82, 2.24) is 0 Å². The number of hydrogen-bond acceptors (Lipinski definition) is 2. The molecule has 0 saturated carbocycles. The minimum atomic E-state index is -1.61. The van der Waals surface area contributed by atoms with Crippen LogP contribution >= 0.6 is 15.9 Å². The second kappa shape index (κ2) is 4.37. The molecule has 88 valence electrons. The minimum absolute atomic E-state index is 0.101. The molecule has 1 aromatic carbocycles. The fourth-order valence-electron chi connectivity index (χ4n) is 1.27. The van der Waals surface area contributed by atoms with E-state index in [1.807, 2.05) is 0 Å². The molecule has 2 rings (SSSR count). The van der Waals surface area contributed by atoms with Gasteiger partial charge < -0.3 is 4.42 Å². The summed E-state index contributed by atoms with van der Waals surface area (Å²) in [5.74, 6) is -5.29. The van der Waals surface area contributed by atoms with Crippen molar-refractivity contribution < 1.29 is 22.4 Å². The van der Waals surface area contributed by atoms with E-state index in [0.717, 1.165) is 0 Å². The maximum atomic E-state index is 12.9. The molecule has 0 saturated heterocycles. The number of carbonyl (C=O) groups is 1. The van der Waals surface area contributed by atoms with Crippen molar-refractivity contribution in [3.8, 4) is 0 Å². The van der Waals surface area contributed by atoms with E-state index in [9.17, 15) is 18.0 Å². The molecule has 0 bridgehead atoms. The summed E-state index contributed by atoms with van der Waals surface area (Å²) in [7, 11) is 0. The third kappa shape index (κ3) is 2.12. The summed E-state index contributed by atoms with van der Waals surface area (Å²) in [6.45, 7) is 0. The lowest BCUT2D eigenvalue weighted by molar-refractivity contribution is 0.101. The summed E-state index contributed by atoms with van der Waals surface area (Å²) in [6, 6.07) is 2.70. The van der Waals surface area contributed by atoms with Crippen LogP contribution in [0.3, 0.4) is 0 Å². The summed E-state index contributed by atoms with van der Waals surface area (Å²) < 4.78 is 43.8. The van der Waals surface area contributed by atoms with Crippen molar-refractivity contribution >= 4 is 21.7 Å². The van der Waals surface area contributed by atoms with Gasteiger partial charge in [0.15, 0.2) is 23.2 Å². The van der Waals surface area contributed by atoms with Crippen molar-refractivity contribution in [3.05, 3.63) is 57.7 Å². The highest BCUT2D eigenvalue weighted by Crippen LogP contribution is 2.22. The second-order valence-corrected chi connectivity index (χ2v) is 4.03. The van der Waals surface area contributed by atoms with E-state index in [-0.39, 0.29) is 11.3 Å². The second-order valence-electron chi connectivity index (χ2n) is 3.18. The molecule has 6 heteroatoms. The highest BCUT2D eigenvalue weighted by molar-refractivity contribution is 9.10. The standard InChI is InChI=1S/C11H4BrF3O2/c12-6-1-2-17-11(6)10(16)5-3-7(13)9(15)8(14)4-5/h1-4H. The van der Waals surface area contributed by atoms with Gasteiger partial charge in [0.25, 0.3) is 0 Å². The van der Waals surface area contributed by atoms with Crippen molar-refractivity contribution in [2.45, 2.75) is 0 Å². The zero-order chi connectivity index (χ0) is 12.6. The Balaban J connectivity index is 2.49. The quantitative estimate of drug-likeness (QED) is 0.626. The molecule has 1 heterocycles. The first kappa shape index (κ1) is 11.9. The molecule has 0 aliphatic heterocycles. The highest BCUT2D eigenvalue weighted by atomic mass is 79.9. The molecule has 1 aromatic heterocycles. The third-order valence-electron chi connectivity index (χ3n) is 2.07. The van der Waals surface area contributed by atoms with Crippen LogP contribution in [-0.2, 0) is 0 Å². The summed E-state index contributed by atoms with van der Waals surface area (Å²) >= 11 is 3.04. The predicted molar refractivity (Wildman–Crippen MR) is 56.2 cm³/mol. The average Bonchev–Trinajstić information content (AvgIpc) is 2.70. The summed E-state index contributed by atoms with van der Waals surface area (Å²) in [4.78, 5) is 11.8. The SMILES string of the molecule is O=C(c1cc(F)c(F)c(F)c1)c1occc1Br. The average molecular weight is 305 g/mol. The van der Waals surface area contributed by atoms with Crippen LogP contribution in [0.5, 0.6) is 0 Å². The Bertz CT molecular complexity index is 569. The predicted octanol–water partition coefficient (Wildman–Crippen LogP) is 3.69. The largest absolute Gasteiger partial charge is 0.460 e. The molecule has 0 aliphatic carbocycles. The Hall–Kier alpha value is -1.56. The molecule has 0 amide bonds. The lowest BCUT2D eigenvalue weighted by atomic mass is 10.1. The van der Waals surface area contributed by atoms with E-state index in [2.05, 4.69) is 15.9 Å². The van der Waals surface area contributed by atoms with Crippen LogP contribution in [0.25, 0.3) is 0 Å². The summed E-state index contributed by atoms with van der Waals surface area (Å²) in [5.41, 5.74) is -0.322. The molecular weight excluding hydrogens is 301 g/mol. The van der Waals surface area contributed by atoms with Gasteiger partial charge in [-0.2, -0.15) is 0 Å². The van der Waals surface area contributed by atoms with Gasteiger partial charge in [0.1, 0.15) is 0 Å². The van der Waals surface area contributed by atoms with Gasteiger partial charge in [-0.05, 0) is 34.1 Å². The fraction of sp³-hybridized carbons (Fsp3) is 0. The Morgan fingerprint density at radius 2 is 1.76 bits per heavy atom. The van der Waals surface area contributed by atoms with E-state index in [1.165, 1.54) is 12.3 Å². The van der Waals surface area contributed by atoms with Crippen molar-refractivity contribution in [1.29, 1.82) is 0 Å². The molecule has 17 heavy (non-hydrogen) atoms. The first-order chi connectivity index (χ1) is 8.00. The van der Waals surface area contributed by atoms with Gasteiger partial charge in [-0.3, -0.25) is 4.79 Å². The Morgan fingerprint density at radius 3 is 2.24 bits per heavy atom. The molecule has 0 radical (unpaired) electrons. The van der Waals surface area contributed by atoms with E-state index in [4.69, 9.17) is 4.42 Å². The van der Waals surface area contributed by atoms with Gasteiger partial charge in [0.2, 0.25) is 5.78 Å². The van der Waals surface area contributed by atoms with Crippen LogP contribution in [-0.4, -0.2) is 5.78 Å². The molecule has 2 aromatic rings. The van der Waals surface area contributed by atoms with Crippen molar-refractivity contribution in [2.24, 2.45) is 0 Å². The smallest absolute Gasteiger partial charge is 0.229 e. The van der Waals surface area contributed by atoms with Gasteiger partial charge in [-0.25, -0.2) is 13.2 Å². The van der Waals surface area contributed by atoms with Gasteiger partial charge >= 0.3 is 0 Å². The Labute approximate surface area is 102 Å². The van der Waals surface area contributed by atoms with Gasteiger partial charge in [-0.15, -0.1) is 0 Å². The summed E-state index contributed by atoms with van der Waals surface area (Å²) in [6.07, 6.45) is 1.24. The Kier molecular flexibility index (Phi) is 3.06. The molecule has 0 spiro atoms. The normalized spacial score (nSPS) is 10.6. The molecule has 0 N–H and O–H groups in total. The van der Waals surface area contributed by atoms with Crippen LogP contribution in [0, 0.1) is 17.5 Å². The topological polar surface area (TPSA) is 30.2 Å². The number of halogens is 4. The molecular formula is C11H4BrF3O2. The maximum absolute atomic E-state index is 12.9. The van der Waals surface area contributed by atoms with Crippen LogP contribution in [0.2, 0.25) is 0 Å². The zero-order valence-electron chi connectivity index (χ0n) is 8.14. The van der Waals surface area contributed by atoms with E-state index >= 15 is 0 Å². The maximum Gasteiger partial charge on any atom is 0.229 e. The molecule has 0 unspecified atom stereocenters. The monoisotopic (exact) mass is 304 g/mol. The van der Waals surface area contributed by atoms with Crippen LogP contribution < -0.4 is 0 Å². The third-order valence-corrected chi connectivity index (χ3v) is 2.69. The number of ketones is 1. The Morgan fingerprint density at radius 1 is 1.18 bits per heavy atom. The van der Waals surface area contributed by atoms with Crippen molar-refractivity contribution in [2.75, 3.05) is 0 Å². The first-order valence-corrected chi connectivity index (χ1v) is 5.22. The minimum Gasteiger partial charge on any atom is -0.460 e. The molecule has 0 atom stereocenters. The fourth-order valence-corrected chi connectivity index (χ4v) is 1.65. The van der Waals surface area contributed by atoms with Crippen LogP contribution in [0.1, 0.15) is 16.1 Å². The van der Waals surface area contributed by atoms with Gasteiger partial charge in [0, 0.05) is 5.56 Å². The molecule has 2 nitrogen and oxygen atoms in total. The van der Waals surface area contributed by atoms with E-state index in [1.54, 1.807) is 0 Å². The van der Waals surface area contributed by atoms with Crippen LogP contribution in [0.4, 0.5) is 13.2 Å². The number of carbonyl (C=O) groups excluding carboxylic acids is 1.